The molecule has 0 spiro atoms. The normalized spacial score (nSPS) is 23.5. The van der Waals surface area contributed by atoms with E-state index in [1.165, 1.54) is 25.3 Å². The summed E-state index contributed by atoms with van der Waals surface area (Å²) in [5.74, 6) is 0.868. The Morgan fingerprint density at radius 1 is 1.23 bits per heavy atom. The minimum atomic E-state index is -0.488. The Morgan fingerprint density at radius 2 is 1.90 bits per heavy atom. The van der Waals surface area contributed by atoms with Gasteiger partial charge in [-0.05, 0) is 51.8 Å². The van der Waals surface area contributed by atoms with Gasteiger partial charge < -0.3 is 19.7 Å². The number of likely N-dealkylation sites (tertiary alicyclic amines) is 1. The van der Waals surface area contributed by atoms with Crippen molar-refractivity contribution in [3.8, 4) is 5.75 Å². The van der Waals surface area contributed by atoms with E-state index in [4.69, 9.17) is 9.47 Å². The zero-order valence-electron chi connectivity index (χ0n) is 18.7. The number of amides is 1. The average Bonchev–Trinajstić information content (AvgIpc) is 2.72. The highest BCUT2D eigenvalue weighted by atomic mass is 16.6. The van der Waals surface area contributed by atoms with E-state index in [1.807, 2.05) is 0 Å². The number of rotatable bonds is 8. The highest BCUT2D eigenvalue weighted by Gasteiger charge is 2.26. The number of carbonyl (C=O) groups is 1. The molecular formula is C22H34N4O5. The van der Waals surface area contributed by atoms with Crippen LogP contribution in [0.3, 0.4) is 0 Å². The van der Waals surface area contributed by atoms with Gasteiger partial charge in [-0.15, -0.1) is 0 Å². The lowest BCUT2D eigenvalue weighted by atomic mass is 9.95. The van der Waals surface area contributed by atoms with Crippen LogP contribution in [0, 0.1) is 16.0 Å². The van der Waals surface area contributed by atoms with Crippen molar-refractivity contribution in [1.29, 1.82) is 0 Å². The standard InChI is InChI=1S/C22H34N4O5/c1-16-13-25(14-17(2)31-16)15-18-6-9-24(10-7-18)11-8-22(27)23-20-5-4-19(26(28)29)12-21(20)30-3/h4-5,12,16-18H,6-11,13-15H2,1-3H3,(H,23,27). The zero-order valence-corrected chi connectivity index (χ0v) is 18.7. The number of nitro benzene ring substituents is 1. The highest BCUT2D eigenvalue weighted by Crippen LogP contribution is 2.29. The largest absolute Gasteiger partial charge is 0.494 e. The van der Waals surface area contributed by atoms with Gasteiger partial charge in [0, 0.05) is 38.7 Å². The second-order valence-electron chi connectivity index (χ2n) is 8.70. The molecule has 2 unspecified atom stereocenters. The molecular weight excluding hydrogens is 400 g/mol. The first-order chi connectivity index (χ1) is 14.8. The van der Waals surface area contributed by atoms with Crippen molar-refractivity contribution < 1.29 is 19.2 Å². The number of nitro groups is 1. The summed E-state index contributed by atoms with van der Waals surface area (Å²) in [6.07, 6.45) is 3.28. The molecule has 1 N–H and O–H groups in total. The number of methoxy groups -OCH3 is 1. The summed E-state index contributed by atoms with van der Waals surface area (Å²) in [7, 11) is 1.43. The monoisotopic (exact) mass is 434 g/mol. The minimum Gasteiger partial charge on any atom is -0.494 e. The van der Waals surface area contributed by atoms with E-state index in [9.17, 15) is 14.9 Å². The zero-order chi connectivity index (χ0) is 22.4. The van der Waals surface area contributed by atoms with Crippen LogP contribution in [0.2, 0.25) is 0 Å². The Balaban J connectivity index is 1.39. The van der Waals surface area contributed by atoms with E-state index in [2.05, 4.69) is 29.0 Å². The van der Waals surface area contributed by atoms with Crippen LogP contribution in [-0.2, 0) is 9.53 Å². The van der Waals surface area contributed by atoms with Crippen molar-refractivity contribution in [2.75, 3.05) is 51.7 Å². The van der Waals surface area contributed by atoms with Crippen molar-refractivity contribution in [1.82, 2.24) is 9.80 Å². The maximum absolute atomic E-state index is 12.4. The van der Waals surface area contributed by atoms with Crippen molar-refractivity contribution in [2.45, 2.75) is 45.3 Å². The van der Waals surface area contributed by atoms with Crippen molar-refractivity contribution in [3.05, 3.63) is 28.3 Å². The van der Waals surface area contributed by atoms with E-state index in [0.717, 1.165) is 45.6 Å². The predicted octanol–water partition coefficient (Wildman–Crippen LogP) is 2.75. The number of ether oxygens (including phenoxy) is 2. The number of piperidine rings is 1. The number of carbonyl (C=O) groups excluding carboxylic acids is 1. The van der Waals surface area contributed by atoms with Gasteiger partial charge in [0.05, 0.1) is 36.0 Å². The number of hydrogen-bond acceptors (Lipinski definition) is 7. The third-order valence-electron chi connectivity index (χ3n) is 6.04. The van der Waals surface area contributed by atoms with Crippen LogP contribution in [0.25, 0.3) is 0 Å². The summed E-state index contributed by atoms with van der Waals surface area (Å²) in [4.78, 5) is 27.7. The lowest BCUT2D eigenvalue weighted by Gasteiger charge is -2.39. The maximum atomic E-state index is 12.4. The molecule has 1 aromatic carbocycles. The summed E-state index contributed by atoms with van der Waals surface area (Å²) in [6, 6.07) is 4.18. The predicted molar refractivity (Wildman–Crippen MR) is 119 cm³/mol. The molecule has 3 rings (SSSR count). The smallest absolute Gasteiger partial charge is 0.273 e. The summed E-state index contributed by atoms with van der Waals surface area (Å²) < 4.78 is 11.0. The van der Waals surface area contributed by atoms with E-state index in [1.54, 1.807) is 0 Å². The Kier molecular flexibility index (Phi) is 8.22. The number of benzene rings is 1. The molecule has 0 saturated carbocycles. The first-order valence-corrected chi connectivity index (χ1v) is 11.1. The second-order valence-corrected chi connectivity index (χ2v) is 8.70. The van der Waals surface area contributed by atoms with Crippen LogP contribution >= 0.6 is 0 Å². The van der Waals surface area contributed by atoms with Crippen LogP contribution in [0.1, 0.15) is 33.1 Å². The molecule has 2 aliphatic rings. The number of nitrogens with zero attached hydrogens (tertiary/aromatic N) is 3. The Hall–Kier alpha value is -2.23. The Labute approximate surface area is 183 Å². The summed E-state index contributed by atoms with van der Waals surface area (Å²) in [5, 5.41) is 13.7. The molecule has 2 atom stereocenters. The summed E-state index contributed by atoms with van der Waals surface area (Å²) >= 11 is 0. The van der Waals surface area contributed by atoms with E-state index in [-0.39, 0.29) is 17.3 Å². The minimum absolute atomic E-state index is 0.0706. The first kappa shape index (κ1) is 23.4. The first-order valence-electron chi connectivity index (χ1n) is 11.1. The SMILES string of the molecule is COc1cc([N+](=O)[O-])ccc1NC(=O)CCN1CCC(CN2CC(C)OC(C)C2)CC1. The molecule has 2 aliphatic heterocycles. The number of morpholine rings is 1. The maximum Gasteiger partial charge on any atom is 0.273 e. The van der Waals surface area contributed by atoms with Gasteiger partial charge in [0.2, 0.25) is 5.91 Å². The van der Waals surface area contributed by atoms with Crippen molar-refractivity contribution in [2.24, 2.45) is 5.92 Å². The number of anilines is 1. The molecule has 1 amide bonds. The second kappa shape index (κ2) is 10.9. The van der Waals surface area contributed by atoms with Crippen molar-refractivity contribution >= 4 is 17.3 Å². The van der Waals surface area contributed by atoms with Crippen LogP contribution in [0.5, 0.6) is 5.75 Å². The number of nitrogens with one attached hydrogen (secondary N) is 1. The number of non-ortho nitro benzene ring substituents is 1. The molecule has 172 valence electrons. The summed E-state index contributed by atoms with van der Waals surface area (Å²) in [6.45, 7) is 10.2. The lowest BCUT2D eigenvalue weighted by Crippen LogP contribution is -2.48. The van der Waals surface area contributed by atoms with E-state index in [0.29, 0.717) is 36.8 Å². The lowest BCUT2D eigenvalue weighted by molar-refractivity contribution is -0.384. The fourth-order valence-electron chi connectivity index (χ4n) is 4.56. The number of hydrogen-bond donors (Lipinski definition) is 1. The molecule has 9 nitrogen and oxygen atoms in total. The molecule has 0 aliphatic carbocycles. The molecule has 2 fully saturated rings. The van der Waals surface area contributed by atoms with Crippen LogP contribution in [-0.4, -0.2) is 79.2 Å². The molecule has 0 aromatic heterocycles. The van der Waals surface area contributed by atoms with E-state index < -0.39 is 4.92 Å². The fraction of sp³-hybridized carbons (Fsp3) is 0.682. The Morgan fingerprint density at radius 3 is 2.52 bits per heavy atom. The van der Waals surface area contributed by atoms with Gasteiger partial charge in [0.25, 0.3) is 5.69 Å². The van der Waals surface area contributed by atoms with Crippen LogP contribution in [0.15, 0.2) is 18.2 Å². The Bertz CT molecular complexity index is 756. The molecule has 31 heavy (non-hydrogen) atoms. The molecule has 0 bridgehead atoms. The topological polar surface area (TPSA) is 97.2 Å². The molecule has 2 heterocycles. The van der Waals surface area contributed by atoms with Gasteiger partial charge in [-0.2, -0.15) is 0 Å². The summed E-state index contributed by atoms with van der Waals surface area (Å²) in [5.41, 5.74) is 0.379. The van der Waals surface area contributed by atoms with Gasteiger partial charge in [-0.25, -0.2) is 0 Å². The van der Waals surface area contributed by atoms with Gasteiger partial charge >= 0.3 is 0 Å². The van der Waals surface area contributed by atoms with Gasteiger partial charge in [-0.3, -0.25) is 19.8 Å². The third kappa shape index (κ3) is 6.88. The van der Waals surface area contributed by atoms with Crippen LogP contribution in [0.4, 0.5) is 11.4 Å². The van der Waals surface area contributed by atoms with Gasteiger partial charge in [-0.1, -0.05) is 0 Å². The average molecular weight is 435 g/mol. The van der Waals surface area contributed by atoms with Gasteiger partial charge in [0.1, 0.15) is 5.75 Å². The molecule has 2 saturated heterocycles. The molecule has 1 aromatic rings. The quantitative estimate of drug-likeness (QED) is 0.496. The third-order valence-corrected chi connectivity index (χ3v) is 6.04. The fourth-order valence-corrected chi connectivity index (χ4v) is 4.56. The van der Waals surface area contributed by atoms with Crippen molar-refractivity contribution in [3.63, 3.8) is 0 Å². The van der Waals surface area contributed by atoms with Crippen LogP contribution < -0.4 is 10.1 Å². The molecule has 0 radical (unpaired) electrons. The highest BCUT2D eigenvalue weighted by molar-refractivity contribution is 5.92. The van der Waals surface area contributed by atoms with Gasteiger partial charge in [0.15, 0.2) is 0 Å². The molecule has 9 heteroatoms. The van der Waals surface area contributed by atoms with E-state index >= 15 is 0 Å².